The van der Waals surface area contributed by atoms with Crippen LogP contribution in [0.2, 0.25) is 10.1 Å². The van der Waals surface area contributed by atoms with Crippen LogP contribution in [0.25, 0.3) is 0 Å². The van der Waals surface area contributed by atoms with Crippen LogP contribution in [0.1, 0.15) is 41.5 Å². The Morgan fingerprint density at radius 2 is 1.00 bits per heavy atom. The summed E-state index contributed by atoms with van der Waals surface area (Å²) >= 11 is 0. The van der Waals surface area contributed by atoms with Crippen molar-refractivity contribution >= 4 is 19.4 Å². The fourth-order valence-electron chi connectivity index (χ4n) is 0.727. The highest BCUT2D eigenvalue weighted by Crippen LogP contribution is 2.22. The van der Waals surface area contributed by atoms with Gasteiger partial charge >= 0.3 is 0 Å². The fourth-order valence-corrected chi connectivity index (χ4v) is 6.54. The second-order valence-corrected chi connectivity index (χ2v) is 12.3. The first-order valence-corrected chi connectivity index (χ1v) is 7.02. The molecule has 0 unspecified atom stereocenters. The molecule has 0 saturated heterocycles. The highest BCUT2D eigenvalue weighted by molar-refractivity contribution is 6.53. The van der Waals surface area contributed by atoms with Gasteiger partial charge in [0, 0.05) is 0 Å². The van der Waals surface area contributed by atoms with E-state index in [2.05, 4.69) is 41.5 Å². The molecule has 3 heteroatoms. The molecule has 0 aliphatic heterocycles. The Morgan fingerprint density at radius 3 is 1.18 bits per heavy atom. The van der Waals surface area contributed by atoms with Crippen molar-refractivity contribution in [3.63, 3.8) is 0 Å². The molecule has 0 spiro atoms. The van der Waals surface area contributed by atoms with Crippen molar-refractivity contribution in [3.8, 4) is 0 Å². The predicted molar refractivity (Wildman–Crippen MR) is 58.7 cm³/mol. The van der Waals surface area contributed by atoms with E-state index in [0.717, 1.165) is 0 Å². The van der Waals surface area contributed by atoms with Crippen LogP contribution in [-0.4, -0.2) is 19.4 Å². The third kappa shape index (κ3) is 10.4. The summed E-state index contributed by atoms with van der Waals surface area (Å²) in [5, 5.41) is 1.05. The Morgan fingerprint density at radius 1 is 0.727 bits per heavy atom. The summed E-state index contributed by atoms with van der Waals surface area (Å²) in [7, 11) is -0.287. The van der Waals surface area contributed by atoms with Crippen LogP contribution in [0.3, 0.4) is 0 Å². The smallest absolute Gasteiger partial charge is 0.107 e. The topological polar surface area (TPSA) is 14.1 Å². The molecule has 0 heterocycles. The Balaban J connectivity index is 3.44. The lowest BCUT2D eigenvalue weighted by atomic mass is 10.3. The first-order chi connectivity index (χ1) is 4.71. The molecule has 0 bridgehead atoms. The van der Waals surface area contributed by atoms with Crippen molar-refractivity contribution in [1.82, 2.24) is 4.65 Å². The van der Waals surface area contributed by atoms with E-state index in [4.69, 9.17) is 4.65 Å². The standard InChI is InChI=1S/C8H22NSi2/c1-7(2,3)10-9-11-8(4,5)6/h10-11H2,1-6H3. The Labute approximate surface area is 76.2 Å². The van der Waals surface area contributed by atoms with Crippen LogP contribution >= 0.6 is 0 Å². The van der Waals surface area contributed by atoms with Gasteiger partial charge in [-0.3, -0.25) is 0 Å². The second-order valence-electron chi connectivity index (χ2n) is 5.66. The molecule has 0 saturated carbocycles. The van der Waals surface area contributed by atoms with Crippen LogP contribution in [-0.2, 0) is 0 Å². The molecule has 0 atom stereocenters. The van der Waals surface area contributed by atoms with Crippen LogP contribution in [0.5, 0.6) is 0 Å². The lowest BCUT2D eigenvalue weighted by molar-refractivity contribution is 0.728. The number of hydrogen-bond donors (Lipinski definition) is 0. The van der Waals surface area contributed by atoms with Crippen LogP contribution in [0.15, 0.2) is 0 Å². The number of nitrogens with zero attached hydrogens (tertiary/aromatic N) is 1. The zero-order valence-electron chi connectivity index (χ0n) is 8.86. The summed E-state index contributed by atoms with van der Waals surface area (Å²) in [6, 6.07) is 0. The molecule has 0 aliphatic rings. The molecule has 0 N–H and O–H groups in total. The maximum absolute atomic E-state index is 4.79. The van der Waals surface area contributed by atoms with E-state index in [1.54, 1.807) is 0 Å². The van der Waals surface area contributed by atoms with E-state index in [0.29, 0.717) is 10.1 Å². The zero-order valence-corrected chi connectivity index (χ0v) is 11.7. The van der Waals surface area contributed by atoms with E-state index in [9.17, 15) is 0 Å². The molecule has 1 radical (unpaired) electrons. The van der Waals surface area contributed by atoms with Crippen LogP contribution in [0, 0.1) is 0 Å². The van der Waals surface area contributed by atoms with Crippen molar-refractivity contribution in [2.45, 2.75) is 51.6 Å². The molecular weight excluding hydrogens is 166 g/mol. The Bertz CT molecular complexity index is 96.2. The molecule has 67 valence electrons. The van der Waals surface area contributed by atoms with Gasteiger partial charge in [0.05, 0.1) is 0 Å². The molecule has 0 rings (SSSR count). The summed E-state index contributed by atoms with van der Waals surface area (Å²) < 4.78 is 4.79. The average molecular weight is 188 g/mol. The van der Waals surface area contributed by atoms with Crippen molar-refractivity contribution in [1.29, 1.82) is 0 Å². The Hall–Kier alpha value is 0.394. The van der Waals surface area contributed by atoms with Crippen molar-refractivity contribution < 1.29 is 0 Å². The average Bonchev–Trinajstić information content (AvgIpc) is 1.55. The van der Waals surface area contributed by atoms with Gasteiger partial charge in [0.25, 0.3) is 0 Å². The predicted octanol–water partition coefficient (Wildman–Crippen LogP) is 1.20. The van der Waals surface area contributed by atoms with Gasteiger partial charge in [0.1, 0.15) is 19.4 Å². The molecule has 0 aromatic carbocycles. The summed E-state index contributed by atoms with van der Waals surface area (Å²) in [5.74, 6) is 0. The lowest BCUT2D eigenvalue weighted by Gasteiger charge is -2.21. The minimum atomic E-state index is -0.143. The van der Waals surface area contributed by atoms with Gasteiger partial charge in [0.15, 0.2) is 0 Å². The summed E-state index contributed by atoms with van der Waals surface area (Å²) in [5.41, 5.74) is 0. The fraction of sp³-hybridized carbons (Fsp3) is 1.00. The molecule has 0 aromatic heterocycles. The van der Waals surface area contributed by atoms with E-state index in [1.807, 2.05) is 0 Å². The van der Waals surface area contributed by atoms with Crippen molar-refractivity contribution in [2.75, 3.05) is 0 Å². The molecule has 0 fully saturated rings. The summed E-state index contributed by atoms with van der Waals surface area (Å²) in [4.78, 5) is 0. The van der Waals surface area contributed by atoms with Gasteiger partial charge < -0.3 is 4.65 Å². The minimum absolute atomic E-state index is 0.143. The molecule has 0 aliphatic carbocycles. The molecule has 1 nitrogen and oxygen atoms in total. The van der Waals surface area contributed by atoms with E-state index in [-0.39, 0.29) is 19.4 Å². The first-order valence-electron chi connectivity index (χ1n) is 4.34. The van der Waals surface area contributed by atoms with E-state index < -0.39 is 0 Å². The number of hydrogen-bond acceptors (Lipinski definition) is 0. The van der Waals surface area contributed by atoms with Gasteiger partial charge in [-0.1, -0.05) is 41.5 Å². The largest absolute Gasteiger partial charge is 0.307 e. The zero-order chi connectivity index (χ0) is 9.12. The molecule has 0 amide bonds. The molecular formula is C8H22NSi2. The van der Waals surface area contributed by atoms with Gasteiger partial charge in [-0.15, -0.1) is 0 Å². The van der Waals surface area contributed by atoms with Crippen molar-refractivity contribution in [3.05, 3.63) is 0 Å². The van der Waals surface area contributed by atoms with Gasteiger partial charge in [-0.05, 0) is 10.1 Å². The number of rotatable bonds is 2. The molecule has 0 aromatic rings. The van der Waals surface area contributed by atoms with Gasteiger partial charge in [0.2, 0.25) is 0 Å². The Kier molecular flexibility index (Phi) is 4.01. The summed E-state index contributed by atoms with van der Waals surface area (Å²) in [6.45, 7) is 13.8. The van der Waals surface area contributed by atoms with Crippen LogP contribution < -0.4 is 4.65 Å². The highest BCUT2D eigenvalue weighted by Gasteiger charge is 2.15. The highest BCUT2D eigenvalue weighted by atomic mass is 28.3. The monoisotopic (exact) mass is 188 g/mol. The molecule has 11 heavy (non-hydrogen) atoms. The maximum atomic E-state index is 4.79. The maximum Gasteiger partial charge on any atom is 0.107 e. The van der Waals surface area contributed by atoms with E-state index >= 15 is 0 Å². The van der Waals surface area contributed by atoms with Gasteiger partial charge in [-0.25, -0.2) is 0 Å². The second kappa shape index (κ2) is 3.87. The SMILES string of the molecule is CC(C)(C)[SiH2][N][SiH2]C(C)(C)C. The quantitative estimate of drug-likeness (QED) is 0.578. The third-order valence-electron chi connectivity index (χ3n) is 1.17. The minimum Gasteiger partial charge on any atom is -0.307 e. The first kappa shape index (κ1) is 11.4. The van der Waals surface area contributed by atoms with Crippen LogP contribution in [0.4, 0.5) is 0 Å². The van der Waals surface area contributed by atoms with E-state index in [1.165, 1.54) is 0 Å². The third-order valence-corrected chi connectivity index (χ3v) is 4.86. The lowest BCUT2D eigenvalue weighted by Crippen LogP contribution is -2.28. The van der Waals surface area contributed by atoms with Gasteiger partial charge in [-0.2, -0.15) is 0 Å². The van der Waals surface area contributed by atoms with Crippen molar-refractivity contribution in [2.24, 2.45) is 0 Å². The normalized spacial score (nSPS) is 15.8. The summed E-state index contributed by atoms with van der Waals surface area (Å²) in [6.07, 6.45) is 0.